The van der Waals surface area contributed by atoms with E-state index in [4.69, 9.17) is 11.8 Å². The van der Waals surface area contributed by atoms with Gasteiger partial charge in [0.05, 0.1) is 12.1 Å². The maximum absolute atomic E-state index is 9.16. The second-order valence-corrected chi connectivity index (χ2v) is 3.90. The van der Waals surface area contributed by atoms with Crippen molar-refractivity contribution in [1.29, 1.82) is 5.26 Å². The highest BCUT2D eigenvalue weighted by Crippen LogP contribution is 2.30. The highest BCUT2D eigenvalue weighted by molar-refractivity contribution is 5.75. The maximum atomic E-state index is 9.16. The summed E-state index contributed by atoms with van der Waals surface area (Å²) in [6.45, 7) is 10.8. The minimum atomic E-state index is 0.608. The first-order chi connectivity index (χ1) is 8.17. The van der Waals surface area contributed by atoms with Gasteiger partial charge in [-0.25, -0.2) is 4.85 Å². The Morgan fingerprint density at radius 2 is 1.82 bits per heavy atom. The second kappa shape index (κ2) is 4.15. The number of aryl methyl sites for hydroxylation is 2. The third kappa shape index (κ3) is 1.79. The molecule has 1 aromatic heterocycles. The van der Waals surface area contributed by atoms with E-state index in [0.717, 1.165) is 22.5 Å². The first kappa shape index (κ1) is 11.0. The molecule has 0 atom stereocenters. The van der Waals surface area contributed by atoms with Gasteiger partial charge in [0.15, 0.2) is 5.69 Å². The molecule has 0 unspecified atom stereocenters. The van der Waals surface area contributed by atoms with E-state index >= 15 is 0 Å². The fourth-order valence-electron chi connectivity index (χ4n) is 1.98. The molecule has 3 nitrogen and oxygen atoms in total. The Balaban J connectivity index is 2.61. The number of aromatic amines is 1. The molecule has 82 valence electrons. The van der Waals surface area contributed by atoms with Crippen LogP contribution in [-0.4, -0.2) is 4.98 Å². The van der Waals surface area contributed by atoms with Crippen molar-refractivity contribution in [2.24, 2.45) is 0 Å². The average Bonchev–Trinajstić information content (AvgIpc) is 2.63. The van der Waals surface area contributed by atoms with Gasteiger partial charge in [-0.3, -0.25) is 0 Å². The normalized spacial score (nSPS) is 9.65. The second-order valence-electron chi connectivity index (χ2n) is 3.90. The Morgan fingerprint density at radius 1 is 1.18 bits per heavy atom. The summed E-state index contributed by atoms with van der Waals surface area (Å²) in [6, 6.07) is 9.52. The quantitative estimate of drug-likeness (QED) is 0.733. The summed E-state index contributed by atoms with van der Waals surface area (Å²) in [5.41, 5.74) is 5.05. The molecule has 0 saturated carbocycles. The number of nitrogens with zero attached hydrogens (tertiary/aromatic N) is 2. The van der Waals surface area contributed by atoms with Crippen LogP contribution in [0.2, 0.25) is 0 Å². The van der Waals surface area contributed by atoms with Crippen LogP contribution in [0.3, 0.4) is 0 Å². The van der Waals surface area contributed by atoms with Crippen LogP contribution in [-0.2, 0) is 0 Å². The zero-order chi connectivity index (χ0) is 12.4. The molecule has 17 heavy (non-hydrogen) atoms. The molecular formula is C14H11N3. The van der Waals surface area contributed by atoms with Crippen LogP contribution in [0.25, 0.3) is 16.0 Å². The summed E-state index contributed by atoms with van der Waals surface area (Å²) in [4.78, 5) is 6.52. The van der Waals surface area contributed by atoms with Crippen molar-refractivity contribution < 1.29 is 0 Å². The van der Waals surface area contributed by atoms with Gasteiger partial charge in [-0.1, -0.05) is 24.3 Å². The molecule has 0 aliphatic carbocycles. The number of nitriles is 1. The minimum absolute atomic E-state index is 0.608. The number of nitrogens with one attached hydrogen (secondary N) is 1. The van der Waals surface area contributed by atoms with Crippen LogP contribution in [0, 0.1) is 31.8 Å². The topological polar surface area (TPSA) is 43.9 Å². The molecule has 0 fully saturated rings. The van der Waals surface area contributed by atoms with Crippen LogP contribution in [0.5, 0.6) is 0 Å². The van der Waals surface area contributed by atoms with E-state index in [1.165, 1.54) is 0 Å². The van der Waals surface area contributed by atoms with Gasteiger partial charge in [-0.15, -0.1) is 0 Å². The van der Waals surface area contributed by atoms with Crippen molar-refractivity contribution >= 4 is 5.69 Å². The summed E-state index contributed by atoms with van der Waals surface area (Å²) in [7, 11) is 0. The minimum Gasteiger partial charge on any atom is -0.361 e. The molecule has 0 bridgehead atoms. The number of hydrogen-bond donors (Lipinski definition) is 1. The lowest BCUT2D eigenvalue weighted by Gasteiger charge is -2.01. The number of benzene rings is 1. The van der Waals surface area contributed by atoms with Gasteiger partial charge in [-0.05, 0) is 19.4 Å². The Hall–Kier alpha value is -2.52. The van der Waals surface area contributed by atoms with E-state index in [9.17, 15) is 0 Å². The van der Waals surface area contributed by atoms with Gasteiger partial charge >= 0.3 is 0 Å². The molecule has 0 aliphatic heterocycles. The largest absolute Gasteiger partial charge is 0.361 e. The zero-order valence-electron chi connectivity index (χ0n) is 9.70. The van der Waals surface area contributed by atoms with E-state index in [2.05, 4.69) is 15.9 Å². The van der Waals surface area contributed by atoms with Crippen molar-refractivity contribution in [1.82, 2.24) is 4.98 Å². The third-order valence-corrected chi connectivity index (χ3v) is 2.77. The van der Waals surface area contributed by atoms with E-state index < -0.39 is 0 Å². The summed E-state index contributed by atoms with van der Waals surface area (Å²) in [6.07, 6.45) is 0. The highest BCUT2D eigenvalue weighted by Gasteiger charge is 2.13. The summed E-state index contributed by atoms with van der Waals surface area (Å²) in [5, 5.41) is 9.16. The molecule has 0 saturated heterocycles. The molecule has 1 aromatic carbocycles. The van der Waals surface area contributed by atoms with Crippen molar-refractivity contribution in [3.63, 3.8) is 0 Å². The lowest BCUT2D eigenvalue weighted by molar-refractivity contribution is 1.18. The first-order valence-electron chi connectivity index (χ1n) is 5.24. The molecule has 2 aromatic rings. The Bertz CT molecular complexity index is 634. The van der Waals surface area contributed by atoms with Crippen molar-refractivity contribution in [2.75, 3.05) is 0 Å². The fourth-order valence-corrected chi connectivity index (χ4v) is 1.98. The van der Waals surface area contributed by atoms with Gasteiger partial charge in [0.25, 0.3) is 0 Å². The molecule has 0 aliphatic rings. The van der Waals surface area contributed by atoms with Crippen LogP contribution in [0.1, 0.15) is 17.0 Å². The zero-order valence-corrected chi connectivity index (χ0v) is 9.70. The number of H-pyrrole nitrogens is 1. The van der Waals surface area contributed by atoms with E-state index in [-0.39, 0.29) is 0 Å². The summed E-state index contributed by atoms with van der Waals surface area (Å²) in [5.74, 6) is 0. The summed E-state index contributed by atoms with van der Waals surface area (Å²) < 4.78 is 0. The third-order valence-electron chi connectivity index (χ3n) is 2.77. The molecule has 3 heteroatoms. The average molecular weight is 221 g/mol. The Labute approximate surface area is 100 Å². The fraction of sp³-hybridized carbons (Fsp3) is 0.143. The Kier molecular flexibility index (Phi) is 2.68. The van der Waals surface area contributed by atoms with Crippen LogP contribution in [0.15, 0.2) is 24.3 Å². The molecule has 0 amide bonds. The molecule has 2 rings (SSSR count). The summed E-state index contributed by atoms with van der Waals surface area (Å²) >= 11 is 0. The highest BCUT2D eigenvalue weighted by atomic mass is 14.7. The number of rotatable bonds is 1. The molecule has 0 spiro atoms. The van der Waals surface area contributed by atoms with Gasteiger partial charge < -0.3 is 4.98 Å². The number of aromatic nitrogens is 1. The maximum Gasteiger partial charge on any atom is 0.187 e. The predicted molar refractivity (Wildman–Crippen MR) is 66.7 cm³/mol. The molecule has 1 heterocycles. The Morgan fingerprint density at radius 3 is 2.35 bits per heavy atom. The van der Waals surface area contributed by atoms with Crippen molar-refractivity contribution in [3.8, 4) is 17.2 Å². The monoisotopic (exact) mass is 221 g/mol. The van der Waals surface area contributed by atoms with E-state index in [1.54, 1.807) is 12.1 Å². The van der Waals surface area contributed by atoms with Crippen molar-refractivity contribution in [3.05, 3.63) is 52.6 Å². The lowest BCUT2D eigenvalue weighted by atomic mass is 10.0. The predicted octanol–water partition coefficient (Wildman–Crippen LogP) is 3.72. The van der Waals surface area contributed by atoms with Gasteiger partial charge in [0, 0.05) is 17.0 Å². The van der Waals surface area contributed by atoms with Crippen molar-refractivity contribution in [2.45, 2.75) is 13.8 Å². The smallest absolute Gasteiger partial charge is 0.187 e. The van der Waals surface area contributed by atoms with Crippen LogP contribution in [0.4, 0.5) is 5.69 Å². The molecule has 0 radical (unpaired) electrons. The van der Waals surface area contributed by atoms with Gasteiger partial charge in [0.1, 0.15) is 6.07 Å². The van der Waals surface area contributed by atoms with Crippen LogP contribution >= 0.6 is 0 Å². The van der Waals surface area contributed by atoms with Crippen LogP contribution < -0.4 is 0 Å². The molecular weight excluding hydrogens is 210 g/mol. The first-order valence-corrected chi connectivity index (χ1v) is 5.24. The lowest BCUT2D eigenvalue weighted by Crippen LogP contribution is -1.82. The SMILES string of the molecule is [C-]#[N+]c1ccc(-c2c(C)[nH]c(C)c2C#N)cc1. The van der Waals surface area contributed by atoms with Gasteiger partial charge in [-0.2, -0.15) is 5.26 Å². The van der Waals surface area contributed by atoms with Gasteiger partial charge in [0.2, 0.25) is 0 Å². The number of hydrogen-bond acceptors (Lipinski definition) is 1. The standard InChI is InChI=1S/C14H11N3/c1-9-13(8-15)14(10(2)17-9)11-4-6-12(16-3)7-5-11/h4-7,17H,1-2H3. The molecule has 1 N–H and O–H groups in total. The van der Waals surface area contributed by atoms with E-state index in [0.29, 0.717) is 11.3 Å². The van der Waals surface area contributed by atoms with E-state index in [1.807, 2.05) is 26.0 Å².